The average molecular weight is 312 g/mol. The van der Waals surface area contributed by atoms with Crippen LogP contribution in [0.25, 0.3) is 0 Å². The minimum Gasteiger partial charge on any atom is -0.477 e. The van der Waals surface area contributed by atoms with Gasteiger partial charge in [-0.15, -0.1) is 0 Å². The summed E-state index contributed by atoms with van der Waals surface area (Å²) in [5.74, 6) is -1.61. The number of carboxylic acids is 1. The summed E-state index contributed by atoms with van der Waals surface area (Å²) >= 11 is 0. The van der Waals surface area contributed by atoms with Crippen molar-refractivity contribution in [2.45, 2.75) is 4.90 Å². The number of hydrogen-bond donors (Lipinski definition) is 4. The number of sulfonamides is 1. The lowest BCUT2D eigenvalue weighted by Crippen LogP contribution is -2.29. The number of H-pyrrole nitrogens is 2. The fraction of sp³-hybridized carbons (Fsp3) is 0. The van der Waals surface area contributed by atoms with E-state index in [0.717, 1.165) is 6.20 Å². The Labute approximate surface area is 116 Å². The van der Waals surface area contributed by atoms with E-state index in [1.54, 1.807) is 4.98 Å². The largest absolute Gasteiger partial charge is 0.477 e. The van der Waals surface area contributed by atoms with Crippen molar-refractivity contribution in [3.63, 3.8) is 0 Å². The fourth-order valence-electron chi connectivity index (χ4n) is 1.40. The molecular weight excluding hydrogens is 304 g/mol. The van der Waals surface area contributed by atoms with Gasteiger partial charge in [-0.1, -0.05) is 6.07 Å². The van der Waals surface area contributed by atoms with Crippen molar-refractivity contribution in [1.82, 2.24) is 15.0 Å². The third kappa shape index (κ3) is 3.14. The predicted molar refractivity (Wildman–Crippen MR) is 69.7 cm³/mol. The number of carbonyl (C=O) groups is 1. The average Bonchev–Trinajstić information content (AvgIpc) is 2.37. The van der Waals surface area contributed by atoms with Gasteiger partial charge in [-0.2, -0.15) is 0 Å². The van der Waals surface area contributed by atoms with Gasteiger partial charge in [0.15, 0.2) is 10.6 Å². The van der Waals surface area contributed by atoms with Gasteiger partial charge in [0.05, 0.1) is 0 Å². The molecule has 2 aromatic heterocycles. The minimum atomic E-state index is -4.32. The van der Waals surface area contributed by atoms with Crippen molar-refractivity contribution in [2.24, 2.45) is 0 Å². The van der Waals surface area contributed by atoms with Crippen LogP contribution in [0.1, 0.15) is 10.5 Å². The molecule has 4 N–H and O–H groups in total. The Kier molecular flexibility index (Phi) is 3.58. The number of aromatic amines is 2. The SMILES string of the molecule is O=C(O)c1cccc(NS(=O)(=O)c2c[nH]c(=O)[nH]c2=O)n1. The fourth-order valence-corrected chi connectivity index (χ4v) is 2.41. The molecule has 0 unspecified atom stereocenters. The zero-order valence-electron chi connectivity index (χ0n) is 10.2. The zero-order chi connectivity index (χ0) is 15.6. The predicted octanol–water partition coefficient (Wildman–Crippen LogP) is -1.04. The molecule has 0 aliphatic rings. The van der Waals surface area contributed by atoms with Crippen LogP contribution >= 0.6 is 0 Å². The van der Waals surface area contributed by atoms with Crippen molar-refractivity contribution in [2.75, 3.05) is 4.72 Å². The number of carboxylic acid groups (broad SMARTS) is 1. The number of pyridine rings is 1. The molecule has 0 fully saturated rings. The van der Waals surface area contributed by atoms with Gasteiger partial charge in [0.2, 0.25) is 0 Å². The molecule has 0 radical (unpaired) electrons. The molecule has 0 aliphatic carbocycles. The monoisotopic (exact) mass is 312 g/mol. The quantitative estimate of drug-likeness (QED) is 0.560. The topological polar surface area (TPSA) is 162 Å². The van der Waals surface area contributed by atoms with E-state index in [9.17, 15) is 22.8 Å². The number of nitrogens with zero attached hydrogens (tertiary/aromatic N) is 1. The van der Waals surface area contributed by atoms with E-state index < -0.39 is 32.1 Å². The van der Waals surface area contributed by atoms with E-state index in [0.29, 0.717) is 0 Å². The van der Waals surface area contributed by atoms with E-state index in [1.165, 1.54) is 18.2 Å². The molecule has 11 heteroatoms. The van der Waals surface area contributed by atoms with E-state index in [1.807, 2.05) is 9.71 Å². The molecule has 0 spiro atoms. The lowest BCUT2D eigenvalue weighted by atomic mass is 10.3. The molecule has 0 aliphatic heterocycles. The molecule has 110 valence electrons. The Hall–Kier alpha value is -2.95. The van der Waals surface area contributed by atoms with Gasteiger partial charge >= 0.3 is 11.7 Å². The molecule has 2 rings (SSSR count). The van der Waals surface area contributed by atoms with E-state index >= 15 is 0 Å². The Morgan fingerprint density at radius 1 is 1.29 bits per heavy atom. The second-order valence-corrected chi connectivity index (χ2v) is 5.41. The Bertz CT molecular complexity index is 913. The molecule has 0 amide bonds. The van der Waals surface area contributed by atoms with Crippen molar-refractivity contribution >= 4 is 21.8 Å². The van der Waals surface area contributed by atoms with Crippen LogP contribution in [0.2, 0.25) is 0 Å². The van der Waals surface area contributed by atoms with Crippen LogP contribution in [0.15, 0.2) is 38.9 Å². The van der Waals surface area contributed by atoms with Gasteiger partial charge in [0, 0.05) is 6.20 Å². The van der Waals surface area contributed by atoms with Gasteiger partial charge in [-0.3, -0.25) is 14.5 Å². The third-order valence-corrected chi connectivity index (χ3v) is 3.64. The third-order valence-electron chi connectivity index (χ3n) is 2.28. The van der Waals surface area contributed by atoms with Crippen molar-refractivity contribution < 1.29 is 18.3 Å². The second kappa shape index (κ2) is 5.20. The van der Waals surface area contributed by atoms with E-state index in [-0.39, 0.29) is 11.5 Å². The first-order valence-corrected chi connectivity index (χ1v) is 6.83. The van der Waals surface area contributed by atoms with Crippen LogP contribution in [0.3, 0.4) is 0 Å². The van der Waals surface area contributed by atoms with Crippen LogP contribution in [0, 0.1) is 0 Å². The highest BCUT2D eigenvalue weighted by Gasteiger charge is 2.20. The lowest BCUT2D eigenvalue weighted by molar-refractivity contribution is 0.0690. The van der Waals surface area contributed by atoms with Gasteiger partial charge in [-0.05, 0) is 12.1 Å². The highest BCUT2D eigenvalue weighted by Crippen LogP contribution is 2.10. The summed E-state index contributed by atoms with van der Waals surface area (Å²) in [6.07, 6.45) is 0.727. The van der Waals surface area contributed by atoms with Gasteiger partial charge in [0.25, 0.3) is 15.6 Å². The van der Waals surface area contributed by atoms with Crippen LogP contribution < -0.4 is 16.0 Å². The summed E-state index contributed by atoms with van der Waals surface area (Å²) in [7, 11) is -4.32. The molecule has 2 aromatic rings. The van der Waals surface area contributed by atoms with E-state index in [2.05, 4.69) is 4.98 Å². The molecule has 10 nitrogen and oxygen atoms in total. The number of hydrogen-bond acceptors (Lipinski definition) is 6. The van der Waals surface area contributed by atoms with Crippen LogP contribution in [0.5, 0.6) is 0 Å². The Morgan fingerprint density at radius 3 is 2.62 bits per heavy atom. The van der Waals surface area contributed by atoms with Gasteiger partial charge < -0.3 is 10.1 Å². The molecule has 0 aromatic carbocycles. The van der Waals surface area contributed by atoms with E-state index in [4.69, 9.17) is 5.11 Å². The summed E-state index contributed by atoms with van der Waals surface area (Å²) in [5.41, 5.74) is -2.34. The van der Waals surface area contributed by atoms with Crippen LogP contribution in [-0.2, 0) is 10.0 Å². The Morgan fingerprint density at radius 2 is 2.00 bits per heavy atom. The smallest absolute Gasteiger partial charge is 0.354 e. The normalized spacial score (nSPS) is 11.0. The highest BCUT2D eigenvalue weighted by atomic mass is 32.2. The molecule has 0 saturated heterocycles. The number of anilines is 1. The maximum Gasteiger partial charge on any atom is 0.354 e. The summed E-state index contributed by atoms with van der Waals surface area (Å²) in [6.45, 7) is 0. The minimum absolute atomic E-state index is 0.277. The standard InChI is InChI=1S/C10H8N4O6S/c15-8-6(4-11-10(18)13-8)21(19,20)14-7-3-1-2-5(12-7)9(16)17/h1-4H,(H,12,14)(H,16,17)(H2,11,13,15,18). The molecule has 21 heavy (non-hydrogen) atoms. The number of nitrogens with one attached hydrogen (secondary N) is 3. The lowest BCUT2D eigenvalue weighted by Gasteiger charge is -2.06. The number of aromatic carboxylic acids is 1. The summed E-state index contributed by atoms with van der Waals surface area (Å²) in [6, 6.07) is 3.67. The zero-order valence-corrected chi connectivity index (χ0v) is 11.0. The van der Waals surface area contributed by atoms with Gasteiger partial charge in [-0.25, -0.2) is 23.0 Å². The maximum atomic E-state index is 12.0. The molecule has 0 atom stereocenters. The molecular formula is C10H8N4O6S. The van der Waals surface area contributed by atoms with Gasteiger partial charge in [0.1, 0.15) is 5.82 Å². The summed E-state index contributed by atoms with van der Waals surface area (Å²) in [5, 5.41) is 8.76. The summed E-state index contributed by atoms with van der Waals surface area (Å²) in [4.78, 5) is 39.6. The molecule has 0 saturated carbocycles. The van der Waals surface area contributed by atoms with Crippen LogP contribution in [-0.4, -0.2) is 34.4 Å². The van der Waals surface area contributed by atoms with Crippen molar-refractivity contribution in [3.8, 4) is 0 Å². The second-order valence-electron chi connectivity index (χ2n) is 3.75. The molecule has 2 heterocycles. The first kappa shape index (κ1) is 14.5. The van der Waals surface area contributed by atoms with Crippen molar-refractivity contribution in [1.29, 1.82) is 0 Å². The maximum absolute atomic E-state index is 12.0. The first-order chi connectivity index (χ1) is 9.79. The first-order valence-electron chi connectivity index (χ1n) is 5.35. The van der Waals surface area contributed by atoms with Crippen molar-refractivity contribution in [3.05, 3.63) is 50.9 Å². The molecule has 0 bridgehead atoms. The summed E-state index contributed by atoms with van der Waals surface area (Å²) < 4.78 is 25.9. The number of aromatic nitrogens is 3. The van der Waals surface area contributed by atoms with Crippen LogP contribution in [0.4, 0.5) is 5.82 Å². The Balaban J connectivity index is 2.42. The highest BCUT2D eigenvalue weighted by molar-refractivity contribution is 7.92. The number of rotatable bonds is 4.